The number of benzene rings is 2. The van der Waals surface area contributed by atoms with Gasteiger partial charge >= 0.3 is 12.0 Å². The number of carbonyl (C=O) groups excluding carboxylic acids is 1. The summed E-state index contributed by atoms with van der Waals surface area (Å²) in [5.41, 5.74) is 4.87. The Hall–Kier alpha value is -3.90. The number of fused-ring (bicyclic) bond motifs is 1. The molecule has 1 aromatic heterocycles. The SMILES string of the molecule is CC(C)Oc1ccc(-c2ncc(-c3cccc4c3CC[C@@H]4NC(=O)N3CCC(CC(=O)O)CC3)s2)cc1C#N. The van der Waals surface area contributed by atoms with Gasteiger partial charge in [0.25, 0.3) is 0 Å². The summed E-state index contributed by atoms with van der Waals surface area (Å²) >= 11 is 1.59. The Morgan fingerprint density at radius 1 is 1.23 bits per heavy atom. The lowest BCUT2D eigenvalue weighted by atomic mass is 9.94. The van der Waals surface area contributed by atoms with Crippen molar-refractivity contribution in [3.8, 4) is 32.8 Å². The van der Waals surface area contributed by atoms with Crippen molar-refractivity contribution >= 4 is 23.3 Å². The molecule has 0 spiro atoms. The van der Waals surface area contributed by atoms with Gasteiger partial charge in [0, 0.05) is 31.3 Å². The quantitative estimate of drug-likeness (QED) is 0.376. The third-order valence-electron chi connectivity index (χ3n) is 7.41. The molecule has 5 rings (SSSR count). The average molecular weight is 545 g/mol. The minimum Gasteiger partial charge on any atom is -0.490 e. The van der Waals surface area contributed by atoms with Crippen LogP contribution in [0.3, 0.4) is 0 Å². The minimum atomic E-state index is -0.773. The number of piperidine rings is 1. The van der Waals surface area contributed by atoms with E-state index in [1.807, 2.05) is 49.2 Å². The fourth-order valence-electron chi connectivity index (χ4n) is 5.50. The summed E-state index contributed by atoms with van der Waals surface area (Å²) in [6.07, 6.45) is 5.19. The van der Waals surface area contributed by atoms with Crippen LogP contribution >= 0.6 is 11.3 Å². The van der Waals surface area contributed by atoms with E-state index in [0.29, 0.717) is 24.4 Å². The van der Waals surface area contributed by atoms with Gasteiger partial charge in [-0.15, -0.1) is 11.3 Å². The van der Waals surface area contributed by atoms with Crippen molar-refractivity contribution in [3.05, 3.63) is 59.3 Å². The van der Waals surface area contributed by atoms with Gasteiger partial charge in [-0.2, -0.15) is 5.26 Å². The first kappa shape index (κ1) is 26.7. The molecule has 2 N–H and O–H groups in total. The van der Waals surface area contributed by atoms with Gasteiger partial charge in [-0.1, -0.05) is 18.2 Å². The lowest BCUT2D eigenvalue weighted by molar-refractivity contribution is -0.138. The van der Waals surface area contributed by atoms with E-state index in [-0.39, 0.29) is 30.5 Å². The van der Waals surface area contributed by atoms with E-state index in [0.717, 1.165) is 52.3 Å². The molecule has 2 amide bonds. The molecule has 8 nitrogen and oxygen atoms in total. The summed E-state index contributed by atoms with van der Waals surface area (Å²) in [7, 11) is 0. The number of aliphatic carboxylic acids is 1. The molecule has 202 valence electrons. The van der Waals surface area contributed by atoms with Crippen molar-refractivity contribution in [1.29, 1.82) is 5.26 Å². The molecule has 0 unspecified atom stereocenters. The molecule has 1 aliphatic heterocycles. The molecule has 0 saturated carbocycles. The number of amides is 2. The molecular weight excluding hydrogens is 512 g/mol. The number of hydrogen-bond donors (Lipinski definition) is 2. The van der Waals surface area contributed by atoms with E-state index in [2.05, 4.69) is 28.5 Å². The highest BCUT2D eigenvalue weighted by Crippen LogP contribution is 2.41. The van der Waals surface area contributed by atoms with Gasteiger partial charge in [0.05, 0.1) is 22.6 Å². The number of hydrogen-bond acceptors (Lipinski definition) is 6. The maximum atomic E-state index is 13.0. The molecule has 9 heteroatoms. The molecule has 1 aliphatic carbocycles. The summed E-state index contributed by atoms with van der Waals surface area (Å²) in [5, 5.41) is 22.7. The zero-order chi connectivity index (χ0) is 27.5. The van der Waals surface area contributed by atoms with Gasteiger partial charge in [0.1, 0.15) is 16.8 Å². The summed E-state index contributed by atoms with van der Waals surface area (Å²) in [4.78, 5) is 31.5. The predicted octanol–water partition coefficient (Wildman–Crippen LogP) is 6.02. The van der Waals surface area contributed by atoms with Crippen molar-refractivity contribution < 1.29 is 19.4 Å². The zero-order valence-corrected chi connectivity index (χ0v) is 23.0. The van der Waals surface area contributed by atoms with Crippen LogP contribution in [0.1, 0.15) is 62.3 Å². The molecule has 0 bridgehead atoms. The minimum absolute atomic E-state index is 0.0146. The van der Waals surface area contributed by atoms with E-state index in [1.165, 1.54) is 5.56 Å². The second-order valence-electron chi connectivity index (χ2n) is 10.5. The number of carboxylic acids is 1. The summed E-state index contributed by atoms with van der Waals surface area (Å²) in [6.45, 7) is 5.04. The second kappa shape index (κ2) is 11.5. The Balaban J connectivity index is 1.29. The van der Waals surface area contributed by atoms with Crippen LogP contribution < -0.4 is 10.1 Å². The number of rotatable bonds is 7. The topological polar surface area (TPSA) is 116 Å². The first-order valence-electron chi connectivity index (χ1n) is 13.4. The van der Waals surface area contributed by atoms with Crippen LogP contribution in [0, 0.1) is 17.2 Å². The number of carboxylic acid groups (broad SMARTS) is 1. The lowest BCUT2D eigenvalue weighted by Gasteiger charge is -2.32. The van der Waals surface area contributed by atoms with Gasteiger partial charge < -0.3 is 20.1 Å². The van der Waals surface area contributed by atoms with Crippen molar-refractivity contribution in [2.75, 3.05) is 13.1 Å². The summed E-state index contributed by atoms with van der Waals surface area (Å²) in [6, 6.07) is 13.9. The number of urea groups is 1. The first-order chi connectivity index (χ1) is 18.8. The first-order valence-corrected chi connectivity index (χ1v) is 14.2. The van der Waals surface area contributed by atoms with Gasteiger partial charge in [0.15, 0.2) is 0 Å². The van der Waals surface area contributed by atoms with E-state index < -0.39 is 5.97 Å². The Kier molecular flexibility index (Phi) is 7.84. The molecule has 2 heterocycles. The average Bonchev–Trinajstić information content (AvgIpc) is 3.56. The van der Waals surface area contributed by atoms with E-state index in [1.54, 1.807) is 11.3 Å². The third kappa shape index (κ3) is 5.91. The Morgan fingerprint density at radius 3 is 2.74 bits per heavy atom. The van der Waals surface area contributed by atoms with E-state index in [9.17, 15) is 14.9 Å². The zero-order valence-electron chi connectivity index (χ0n) is 22.1. The van der Waals surface area contributed by atoms with Crippen molar-refractivity contribution in [2.24, 2.45) is 5.92 Å². The number of carbonyl (C=O) groups is 2. The van der Waals surface area contributed by atoms with Gasteiger partial charge in [0.2, 0.25) is 0 Å². The van der Waals surface area contributed by atoms with Crippen LogP contribution in [0.2, 0.25) is 0 Å². The van der Waals surface area contributed by atoms with E-state index in [4.69, 9.17) is 9.84 Å². The fourth-order valence-corrected chi connectivity index (χ4v) is 6.47. The number of ether oxygens (including phenoxy) is 1. The Labute approximate surface area is 232 Å². The largest absolute Gasteiger partial charge is 0.490 e. The van der Waals surface area contributed by atoms with Gasteiger partial charge in [-0.3, -0.25) is 4.79 Å². The molecule has 39 heavy (non-hydrogen) atoms. The third-order valence-corrected chi connectivity index (χ3v) is 8.49. The molecule has 2 aliphatic rings. The van der Waals surface area contributed by atoms with E-state index >= 15 is 0 Å². The molecule has 2 aromatic carbocycles. The number of likely N-dealkylation sites (tertiary alicyclic amines) is 1. The molecular formula is C30H32N4O4S. The number of nitriles is 1. The lowest BCUT2D eigenvalue weighted by Crippen LogP contribution is -2.45. The van der Waals surface area contributed by atoms with Crippen LogP contribution in [0.25, 0.3) is 21.0 Å². The molecule has 1 fully saturated rings. The molecule has 1 saturated heterocycles. The number of thiazole rings is 1. The van der Waals surface area contributed by atoms with Crippen LogP contribution in [0.15, 0.2) is 42.6 Å². The fraction of sp³-hybridized carbons (Fsp3) is 0.400. The normalized spacial score (nSPS) is 17.1. The highest BCUT2D eigenvalue weighted by molar-refractivity contribution is 7.18. The number of nitrogens with one attached hydrogen (secondary N) is 1. The van der Waals surface area contributed by atoms with Crippen LogP contribution in [-0.2, 0) is 11.2 Å². The predicted molar refractivity (Wildman–Crippen MR) is 150 cm³/mol. The molecule has 0 radical (unpaired) electrons. The van der Waals surface area contributed by atoms with Crippen molar-refractivity contribution in [3.63, 3.8) is 0 Å². The van der Waals surface area contributed by atoms with Gasteiger partial charge in [-0.05, 0) is 80.3 Å². The standard InChI is InChI=1S/C30H32N4O4S/c1-18(2)38-26-9-6-20(15-21(26)16-31)29-32-17-27(39-29)24-5-3-4-23-22(24)7-8-25(23)33-30(37)34-12-10-19(11-13-34)14-28(35)36/h3-6,9,15,17-19,25H,7-8,10-14H2,1-2H3,(H,33,37)(H,35,36)/t25-/m0/s1. The Bertz CT molecular complexity index is 1420. The molecule has 3 aromatic rings. The van der Waals surface area contributed by atoms with Crippen molar-refractivity contribution in [2.45, 2.75) is 58.1 Å². The van der Waals surface area contributed by atoms with Crippen LogP contribution in [-0.4, -0.2) is 46.2 Å². The number of aromatic nitrogens is 1. The smallest absolute Gasteiger partial charge is 0.317 e. The number of nitrogens with zero attached hydrogens (tertiary/aromatic N) is 3. The van der Waals surface area contributed by atoms with Crippen molar-refractivity contribution in [1.82, 2.24) is 15.2 Å². The second-order valence-corrected chi connectivity index (χ2v) is 11.5. The summed E-state index contributed by atoms with van der Waals surface area (Å²) in [5.74, 6) is -0.0552. The molecule has 1 atom stereocenters. The monoisotopic (exact) mass is 544 g/mol. The maximum absolute atomic E-state index is 13.0. The Morgan fingerprint density at radius 2 is 2.03 bits per heavy atom. The summed E-state index contributed by atoms with van der Waals surface area (Å²) < 4.78 is 5.75. The highest BCUT2D eigenvalue weighted by Gasteiger charge is 2.30. The van der Waals surface area contributed by atoms with Crippen LogP contribution in [0.4, 0.5) is 4.79 Å². The highest BCUT2D eigenvalue weighted by atomic mass is 32.1. The maximum Gasteiger partial charge on any atom is 0.317 e. The van der Waals surface area contributed by atoms with Gasteiger partial charge in [-0.25, -0.2) is 9.78 Å². The van der Waals surface area contributed by atoms with Crippen LogP contribution in [0.5, 0.6) is 5.75 Å².